The quantitative estimate of drug-likeness (QED) is 0.409. The number of fused-ring (bicyclic) bond motifs is 1. The van der Waals surface area contributed by atoms with E-state index < -0.39 is 6.61 Å². The molecule has 0 amide bonds. The number of para-hydroxylation sites is 1. The number of ether oxygens (including phenoxy) is 2. The highest BCUT2D eigenvalue weighted by molar-refractivity contribution is 5.59. The second-order valence-corrected chi connectivity index (χ2v) is 8.17. The molecule has 0 radical (unpaired) electrons. The monoisotopic (exact) mass is 466 g/mol. The first-order valence-electron chi connectivity index (χ1n) is 11.0. The van der Waals surface area contributed by atoms with Crippen molar-refractivity contribution in [3.05, 3.63) is 66.0 Å². The molecule has 1 saturated heterocycles. The molecular weight excluding hydrogens is 442 g/mol. The summed E-state index contributed by atoms with van der Waals surface area (Å²) in [7, 11) is 1.72. The minimum atomic E-state index is -2.89. The molecule has 1 unspecified atom stereocenters. The van der Waals surface area contributed by atoms with Crippen molar-refractivity contribution < 1.29 is 18.3 Å². The highest BCUT2D eigenvalue weighted by Gasteiger charge is 2.24. The SMILES string of the molecule is COC1CCN(c2ncc(-c3cn4c(Cc5ccccc5OC(F)F)c(C)nc4cn3)cn2)C1. The molecule has 0 aliphatic carbocycles. The number of benzene rings is 1. The molecule has 1 aliphatic rings. The first-order chi connectivity index (χ1) is 16.5. The third-order valence-corrected chi connectivity index (χ3v) is 6.05. The number of methoxy groups -OCH3 is 1. The maximum absolute atomic E-state index is 12.8. The Balaban J connectivity index is 1.44. The lowest BCUT2D eigenvalue weighted by Gasteiger charge is -2.15. The zero-order chi connectivity index (χ0) is 23.7. The average molecular weight is 466 g/mol. The van der Waals surface area contributed by atoms with Crippen molar-refractivity contribution in [3.8, 4) is 17.0 Å². The number of hydrogen-bond donors (Lipinski definition) is 0. The fourth-order valence-corrected chi connectivity index (χ4v) is 4.24. The van der Waals surface area contributed by atoms with Crippen LogP contribution in [0.15, 0.2) is 49.1 Å². The van der Waals surface area contributed by atoms with Crippen LogP contribution in [0.3, 0.4) is 0 Å². The van der Waals surface area contributed by atoms with Crippen molar-refractivity contribution >= 4 is 11.6 Å². The summed E-state index contributed by atoms with van der Waals surface area (Å²) in [5.41, 5.74) is 4.43. The van der Waals surface area contributed by atoms with Crippen LogP contribution in [0.25, 0.3) is 16.9 Å². The number of aromatic nitrogens is 5. The minimum absolute atomic E-state index is 0.155. The van der Waals surface area contributed by atoms with E-state index >= 15 is 0 Å². The largest absolute Gasteiger partial charge is 0.435 e. The van der Waals surface area contributed by atoms with E-state index in [1.54, 1.807) is 50.0 Å². The summed E-state index contributed by atoms with van der Waals surface area (Å²) in [5, 5.41) is 0. The fraction of sp³-hybridized carbons (Fsp3) is 0.333. The zero-order valence-electron chi connectivity index (χ0n) is 18.9. The Bertz CT molecular complexity index is 1290. The van der Waals surface area contributed by atoms with Gasteiger partial charge in [-0.15, -0.1) is 0 Å². The Hall–Kier alpha value is -3.66. The number of halogens is 2. The van der Waals surface area contributed by atoms with Crippen molar-refractivity contribution in [1.82, 2.24) is 24.3 Å². The molecule has 4 heterocycles. The predicted octanol–water partition coefficient (Wildman–Crippen LogP) is 3.91. The van der Waals surface area contributed by atoms with Gasteiger partial charge in [0.25, 0.3) is 0 Å². The summed E-state index contributed by atoms with van der Waals surface area (Å²) in [5.74, 6) is 0.821. The van der Waals surface area contributed by atoms with Crippen LogP contribution in [-0.2, 0) is 11.2 Å². The van der Waals surface area contributed by atoms with Crippen LogP contribution in [0.5, 0.6) is 5.75 Å². The van der Waals surface area contributed by atoms with E-state index in [9.17, 15) is 8.78 Å². The van der Waals surface area contributed by atoms with E-state index in [-0.39, 0.29) is 11.9 Å². The van der Waals surface area contributed by atoms with Gasteiger partial charge < -0.3 is 14.4 Å². The van der Waals surface area contributed by atoms with Gasteiger partial charge in [-0.25, -0.2) is 15.0 Å². The van der Waals surface area contributed by atoms with Crippen molar-refractivity contribution in [2.75, 3.05) is 25.1 Å². The summed E-state index contributed by atoms with van der Waals surface area (Å²) in [6.45, 7) is 0.634. The Morgan fingerprint density at radius 2 is 1.91 bits per heavy atom. The van der Waals surface area contributed by atoms with Crippen LogP contribution < -0.4 is 9.64 Å². The van der Waals surface area contributed by atoms with Gasteiger partial charge in [-0.05, 0) is 19.4 Å². The second-order valence-electron chi connectivity index (χ2n) is 8.17. The van der Waals surface area contributed by atoms with Gasteiger partial charge in [0.1, 0.15) is 5.75 Å². The smallest absolute Gasteiger partial charge is 0.387 e. The summed E-state index contributed by atoms with van der Waals surface area (Å²) in [4.78, 5) is 20.3. The van der Waals surface area contributed by atoms with Crippen molar-refractivity contribution in [2.24, 2.45) is 0 Å². The lowest BCUT2D eigenvalue weighted by atomic mass is 10.1. The lowest BCUT2D eigenvalue weighted by Crippen LogP contribution is -2.24. The Labute approximate surface area is 195 Å². The van der Waals surface area contributed by atoms with Crippen LogP contribution in [0.2, 0.25) is 0 Å². The second kappa shape index (κ2) is 9.30. The first kappa shape index (κ1) is 22.1. The normalized spacial score (nSPS) is 16.0. The average Bonchev–Trinajstić information content (AvgIpc) is 3.44. The number of imidazole rings is 1. The number of alkyl halides is 2. The molecule has 4 aromatic rings. The first-order valence-corrected chi connectivity index (χ1v) is 11.0. The van der Waals surface area contributed by atoms with E-state index in [4.69, 9.17) is 9.47 Å². The molecule has 5 rings (SSSR count). The molecule has 176 valence electrons. The molecule has 0 spiro atoms. The van der Waals surface area contributed by atoms with Gasteiger partial charge in [-0.2, -0.15) is 8.78 Å². The maximum atomic E-state index is 12.8. The topological polar surface area (TPSA) is 77.7 Å². The lowest BCUT2D eigenvalue weighted by molar-refractivity contribution is -0.0503. The Morgan fingerprint density at radius 3 is 2.65 bits per heavy atom. The summed E-state index contributed by atoms with van der Waals surface area (Å²) in [6, 6.07) is 6.79. The number of anilines is 1. The standard InChI is InChI=1S/C24H24F2N6O2/c1-15-20(9-16-5-3-4-6-21(16)34-23(25)26)32-14-19(27-12-22(32)30-15)17-10-28-24(29-11-17)31-8-7-18(13-31)33-2/h3-6,10-12,14,18,23H,7-9,13H2,1-2H3. The Morgan fingerprint density at radius 1 is 1.12 bits per heavy atom. The van der Waals surface area contributed by atoms with Crippen molar-refractivity contribution in [1.29, 1.82) is 0 Å². The van der Waals surface area contributed by atoms with E-state index in [2.05, 4.69) is 24.8 Å². The van der Waals surface area contributed by atoms with Crippen LogP contribution in [0.1, 0.15) is 23.4 Å². The molecule has 34 heavy (non-hydrogen) atoms. The van der Waals surface area contributed by atoms with E-state index in [1.807, 2.05) is 17.5 Å². The maximum Gasteiger partial charge on any atom is 0.387 e. The van der Waals surface area contributed by atoms with Gasteiger partial charge in [-0.3, -0.25) is 9.38 Å². The molecule has 10 heteroatoms. The summed E-state index contributed by atoms with van der Waals surface area (Å²) >= 11 is 0. The number of rotatable bonds is 7. The molecule has 1 fully saturated rings. The molecule has 1 atom stereocenters. The Kier molecular flexibility index (Phi) is 6.06. The van der Waals surface area contributed by atoms with E-state index in [1.165, 1.54) is 0 Å². The van der Waals surface area contributed by atoms with Gasteiger partial charge in [0.15, 0.2) is 5.65 Å². The molecule has 0 bridgehead atoms. The zero-order valence-corrected chi connectivity index (χ0v) is 18.9. The molecule has 0 N–H and O–H groups in total. The summed E-state index contributed by atoms with van der Waals surface area (Å²) < 4.78 is 37.7. The van der Waals surface area contributed by atoms with Crippen LogP contribution >= 0.6 is 0 Å². The van der Waals surface area contributed by atoms with Gasteiger partial charge in [0, 0.05) is 56.3 Å². The van der Waals surface area contributed by atoms with Gasteiger partial charge in [0.2, 0.25) is 5.95 Å². The third kappa shape index (κ3) is 4.41. The highest BCUT2D eigenvalue weighted by Crippen LogP contribution is 2.26. The van der Waals surface area contributed by atoms with Gasteiger partial charge in [-0.1, -0.05) is 18.2 Å². The van der Waals surface area contributed by atoms with Crippen molar-refractivity contribution in [3.63, 3.8) is 0 Å². The molecule has 1 aromatic carbocycles. The highest BCUT2D eigenvalue weighted by atomic mass is 19.3. The predicted molar refractivity (Wildman–Crippen MR) is 122 cm³/mol. The molecule has 1 aliphatic heterocycles. The van der Waals surface area contributed by atoms with Gasteiger partial charge >= 0.3 is 6.61 Å². The molecular formula is C24H24F2N6O2. The molecule has 8 nitrogen and oxygen atoms in total. The number of nitrogens with zero attached hydrogens (tertiary/aromatic N) is 6. The fourth-order valence-electron chi connectivity index (χ4n) is 4.24. The van der Waals surface area contributed by atoms with E-state index in [0.29, 0.717) is 29.3 Å². The third-order valence-electron chi connectivity index (χ3n) is 6.05. The minimum Gasteiger partial charge on any atom is -0.435 e. The number of hydrogen-bond acceptors (Lipinski definition) is 7. The molecule has 0 saturated carbocycles. The van der Waals surface area contributed by atoms with E-state index in [0.717, 1.165) is 36.5 Å². The van der Waals surface area contributed by atoms with Crippen molar-refractivity contribution in [2.45, 2.75) is 32.5 Å². The molecule has 3 aromatic heterocycles. The number of aryl methyl sites for hydroxylation is 1. The van der Waals surface area contributed by atoms with Crippen LogP contribution in [0, 0.1) is 6.92 Å². The van der Waals surface area contributed by atoms with Crippen LogP contribution in [-0.4, -0.2) is 57.3 Å². The summed E-state index contributed by atoms with van der Waals surface area (Å²) in [6.07, 6.45) is 8.60. The van der Waals surface area contributed by atoms with Crippen LogP contribution in [0.4, 0.5) is 14.7 Å². The van der Waals surface area contributed by atoms with Gasteiger partial charge in [0.05, 0.1) is 29.4 Å².